The molecule has 0 aliphatic carbocycles. The van der Waals surface area contributed by atoms with E-state index in [-0.39, 0.29) is 18.0 Å². The number of carboxylic acids is 1. The molecule has 6 heteroatoms. The maximum absolute atomic E-state index is 12.2. The summed E-state index contributed by atoms with van der Waals surface area (Å²) in [7, 11) is -3.49. The van der Waals surface area contributed by atoms with E-state index >= 15 is 0 Å². The van der Waals surface area contributed by atoms with Crippen LogP contribution < -0.4 is 5.11 Å². The zero-order valence-corrected chi connectivity index (χ0v) is 10.6. The fourth-order valence-corrected chi connectivity index (χ4v) is 3.56. The molecule has 2 rings (SSSR count). The number of sulfonamides is 1. The third kappa shape index (κ3) is 2.54. The van der Waals surface area contributed by atoms with E-state index in [1.165, 1.54) is 4.31 Å². The lowest BCUT2D eigenvalue weighted by atomic mass is 9.99. The molecule has 0 amide bonds. The first-order valence-electron chi connectivity index (χ1n) is 5.78. The predicted molar refractivity (Wildman–Crippen MR) is 62.9 cm³/mol. The number of rotatable bonds is 3. The molecule has 1 aliphatic rings. The molecular weight excluding hydrogens is 254 g/mol. The Labute approximate surface area is 106 Å². The summed E-state index contributed by atoms with van der Waals surface area (Å²) in [6.07, 6.45) is 0.628. The van der Waals surface area contributed by atoms with Crippen LogP contribution in [0.1, 0.15) is 12.8 Å². The molecule has 0 N–H and O–H groups in total. The summed E-state index contributed by atoms with van der Waals surface area (Å²) in [6.45, 7) is 0.464. The Morgan fingerprint density at radius 1 is 1.17 bits per heavy atom. The predicted octanol–water partition coefficient (Wildman–Crippen LogP) is -0.163. The van der Waals surface area contributed by atoms with Crippen LogP contribution in [0.5, 0.6) is 0 Å². The van der Waals surface area contributed by atoms with Gasteiger partial charge in [0.05, 0.1) is 4.90 Å². The average molecular weight is 268 g/mol. The van der Waals surface area contributed by atoms with Crippen LogP contribution >= 0.6 is 0 Å². The number of hydrogen-bond acceptors (Lipinski definition) is 4. The number of aliphatic carboxylic acids is 1. The third-order valence-electron chi connectivity index (χ3n) is 3.17. The molecule has 0 saturated carbocycles. The zero-order valence-electron chi connectivity index (χ0n) is 9.78. The van der Waals surface area contributed by atoms with Gasteiger partial charge in [0.25, 0.3) is 0 Å². The second-order valence-corrected chi connectivity index (χ2v) is 6.25. The quantitative estimate of drug-likeness (QED) is 0.763. The van der Waals surface area contributed by atoms with Crippen molar-refractivity contribution in [1.82, 2.24) is 4.31 Å². The van der Waals surface area contributed by atoms with Crippen LogP contribution in [0.25, 0.3) is 0 Å². The van der Waals surface area contributed by atoms with Crippen molar-refractivity contribution in [2.24, 2.45) is 5.92 Å². The Balaban J connectivity index is 2.12. The largest absolute Gasteiger partial charge is 0.550 e. The number of carboxylic acid groups (broad SMARTS) is 1. The van der Waals surface area contributed by atoms with Gasteiger partial charge in [-0.05, 0) is 25.0 Å². The van der Waals surface area contributed by atoms with E-state index in [9.17, 15) is 18.3 Å². The van der Waals surface area contributed by atoms with Crippen molar-refractivity contribution < 1.29 is 18.3 Å². The first kappa shape index (κ1) is 13.0. The highest BCUT2D eigenvalue weighted by molar-refractivity contribution is 7.89. The molecule has 0 radical (unpaired) electrons. The van der Waals surface area contributed by atoms with E-state index in [1.807, 2.05) is 0 Å². The van der Waals surface area contributed by atoms with Crippen LogP contribution in [0, 0.1) is 5.92 Å². The molecule has 1 saturated heterocycles. The Morgan fingerprint density at radius 2 is 1.72 bits per heavy atom. The van der Waals surface area contributed by atoms with Crippen LogP contribution in [-0.4, -0.2) is 31.8 Å². The molecular formula is C12H14NO4S-. The number of carbonyl (C=O) groups excluding carboxylic acids is 1. The monoisotopic (exact) mass is 268 g/mol. The normalized spacial score (nSPS) is 18.7. The minimum atomic E-state index is -3.49. The van der Waals surface area contributed by atoms with E-state index in [1.54, 1.807) is 30.3 Å². The minimum absolute atomic E-state index is 0.232. The van der Waals surface area contributed by atoms with Crippen LogP contribution in [0.4, 0.5) is 0 Å². The standard InChI is InChI=1S/C12H15NO4S/c14-12(15)10-6-8-13(9-7-10)18(16,17)11-4-2-1-3-5-11/h1-5,10H,6-9H2,(H,14,15)/p-1. The lowest BCUT2D eigenvalue weighted by molar-refractivity contribution is -0.312. The summed E-state index contributed by atoms with van der Waals surface area (Å²) in [5.74, 6) is -1.63. The maximum atomic E-state index is 12.2. The Kier molecular flexibility index (Phi) is 3.68. The van der Waals surface area contributed by atoms with Gasteiger partial charge in [-0.1, -0.05) is 18.2 Å². The number of carbonyl (C=O) groups is 1. The lowest BCUT2D eigenvalue weighted by Gasteiger charge is -2.31. The zero-order chi connectivity index (χ0) is 13.2. The highest BCUT2D eigenvalue weighted by Gasteiger charge is 2.29. The second kappa shape index (κ2) is 5.07. The van der Waals surface area contributed by atoms with Gasteiger partial charge < -0.3 is 9.90 Å². The summed E-state index contributed by atoms with van der Waals surface area (Å²) in [5, 5.41) is 10.7. The van der Waals surface area contributed by atoms with Gasteiger partial charge in [-0.2, -0.15) is 4.31 Å². The van der Waals surface area contributed by atoms with Crippen molar-refractivity contribution in [3.63, 3.8) is 0 Å². The molecule has 0 unspecified atom stereocenters. The highest BCUT2D eigenvalue weighted by atomic mass is 32.2. The third-order valence-corrected chi connectivity index (χ3v) is 5.08. The topological polar surface area (TPSA) is 77.5 Å². The molecule has 5 nitrogen and oxygen atoms in total. The van der Waals surface area contributed by atoms with Crippen LogP contribution in [0.3, 0.4) is 0 Å². The molecule has 1 heterocycles. The van der Waals surface area contributed by atoms with Gasteiger partial charge in [-0.3, -0.25) is 0 Å². The Morgan fingerprint density at radius 3 is 2.22 bits per heavy atom. The second-order valence-electron chi connectivity index (χ2n) is 4.31. The van der Waals surface area contributed by atoms with Crippen LogP contribution in [-0.2, 0) is 14.8 Å². The first-order valence-corrected chi connectivity index (χ1v) is 7.22. The lowest BCUT2D eigenvalue weighted by Crippen LogP contribution is -2.43. The van der Waals surface area contributed by atoms with E-state index < -0.39 is 21.9 Å². The SMILES string of the molecule is O=C([O-])C1CCN(S(=O)(=O)c2ccccc2)CC1. The molecule has 0 atom stereocenters. The van der Waals surface area contributed by atoms with Crippen molar-refractivity contribution in [2.45, 2.75) is 17.7 Å². The number of hydrogen-bond donors (Lipinski definition) is 0. The van der Waals surface area contributed by atoms with Gasteiger partial charge in [0.1, 0.15) is 0 Å². The molecule has 1 aromatic rings. The van der Waals surface area contributed by atoms with Crippen LogP contribution in [0.15, 0.2) is 35.2 Å². The van der Waals surface area contributed by atoms with Crippen molar-refractivity contribution in [1.29, 1.82) is 0 Å². The molecule has 98 valence electrons. The summed E-state index contributed by atoms with van der Waals surface area (Å²) in [4.78, 5) is 10.9. The molecule has 0 spiro atoms. The number of benzene rings is 1. The van der Waals surface area contributed by atoms with Gasteiger partial charge >= 0.3 is 0 Å². The van der Waals surface area contributed by atoms with Gasteiger partial charge in [-0.15, -0.1) is 0 Å². The molecule has 0 aromatic heterocycles. The first-order chi connectivity index (χ1) is 8.51. The smallest absolute Gasteiger partial charge is 0.243 e. The molecule has 1 fully saturated rings. The van der Waals surface area contributed by atoms with Gasteiger partial charge in [0.15, 0.2) is 0 Å². The summed E-state index contributed by atoms with van der Waals surface area (Å²) >= 11 is 0. The summed E-state index contributed by atoms with van der Waals surface area (Å²) in [5.41, 5.74) is 0. The minimum Gasteiger partial charge on any atom is -0.550 e. The summed E-state index contributed by atoms with van der Waals surface area (Å²) < 4.78 is 25.8. The van der Waals surface area contributed by atoms with Gasteiger partial charge in [0.2, 0.25) is 10.0 Å². The van der Waals surface area contributed by atoms with E-state index in [0.29, 0.717) is 12.8 Å². The van der Waals surface area contributed by atoms with Gasteiger partial charge in [0, 0.05) is 25.0 Å². The highest BCUT2D eigenvalue weighted by Crippen LogP contribution is 2.23. The molecule has 0 bridgehead atoms. The van der Waals surface area contributed by atoms with E-state index in [2.05, 4.69) is 0 Å². The van der Waals surface area contributed by atoms with Gasteiger partial charge in [-0.25, -0.2) is 8.42 Å². The maximum Gasteiger partial charge on any atom is 0.243 e. The average Bonchev–Trinajstić information content (AvgIpc) is 2.40. The number of nitrogens with zero attached hydrogens (tertiary/aromatic N) is 1. The molecule has 18 heavy (non-hydrogen) atoms. The van der Waals surface area contributed by atoms with E-state index in [0.717, 1.165) is 0 Å². The van der Waals surface area contributed by atoms with Crippen molar-refractivity contribution in [2.75, 3.05) is 13.1 Å². The van der Waals surface area contributed by atoms with Crippen LogP contribution in [0.2, 0.25) is 0 Å². The fourth-order valence-electron chi connectivity index (χ4n) is 2.07. The van der Waals surface area contributed by atoms with Crippen molar-refractivity contribution >= 4 is 16.0 Å². The Bertz CT molecular complexity index is 518. The summed E-state index contributed by atoms with van der Waals surface area (Å²) in [6, 6.07) is 8.17. The fraction of sp³-hybridized carbons (Fsp3) is 0.417. The Hall–Kier alpha value is -1.40. The number of piperidine rings is 1. The molecule has 1 aromatic carbocycles. The molecule has 1 aliphatic heterocycles. The van der Waals surface area contributed by atoms with E-state index in [4.69, 9.17) is 0 Å². The van der Waals surface area contributed by atoms with Crippen molar-refractivity contribution in [3.05, 3.63) is 30.3 Å². The van der Waals surface area contributed by atoms with Crippen molar-refractivity contribution in [3.8, 4) is 0 Å².